The summed E-state index contributed by atoms with van der Waals surface area (Å²) in [6.45, 7) is 4.88. The lowest BCUT2D eigenvalue weighted by Gasteiger charge is -2.02. The van der Waals surface area contributed by atoms with Gasteiger partial charge in [-0.15, -0.1) is 0 Å². The molecule has 2 heteroatoms. The molecule has 1 atom stereocenters. The van der Waals surface area contributed by atoms with Crippen molar-refractivity contribution in [2.24, 2.45) is 0 Å². The van der Waals surface area contributed by atoms with Gasteiger partial charge in [0.15, 0.2) is 0 Å². The van der Waals surface area contributed by atoms with Crippen molar-refractivity contribution in [3.05, 3.63) is 0 Å². The van der Waals surface area contributed by atoms with Gasteiger partial charge in [-0.05, 0) is 19.9 Å². The van der Waals surface area contributed by atoms with E-state index in [1.54, 1.807) is 0 Å². The van der Waals surface area contributed by atoms with Crippen LogP contribution in [0.1, 0.15) is 20.3 Å². The largest absolute Gasteiger partial charge is 0.301 e. The molecule has 7 heavy (non-hydrogen) atoms. The van der Waals surface area contributed by atoms with Crippen molar-refractivity contribution in [2.45, 2.75) is 26.4 Å². The first-order valence-corrected chi connectivity index (χ1v) is 2.72. The normalized spacial score (nSPS) is 14.1. The van der Waals surface area contributed by atoms with Crippen LogP contribution in [-0.4, -0.2) is 12.7 Å². The summed E-state index contributed by atoms with van der Waals surface area (Å²) in [7, 11) is 0. The molecule has 0 aliphatic heterocycles. The molecule has 0 spiro atoms. The highest BCUT2D eigenvalue weighted by Crippen LogP contribution is 1.71. The standard InChI is InChI=1S/C5H13N2/c1-3-4-7-5(2)6/h5-7H,3-4H2,1-2H3. The maximum atomic E-state index is 6.97. The molecule has 0 heterocycles. The summed E-state index contributed by atoms with van der Waals surface area (Å²) in [5, 5.41) is 2.96. The zero-order chi connectivity index (χ0) is 5.70. The van der Waals surface area contributed by atoms with Crippen LogP contribution in [0.15, 0.2) is 0 Å². The minimum atomic E-state index is -0.0973. The fraction of sp³-hybridized carbons (Fsp3) is 1.00. The van der Waals surface area contributed by atoms with Crippen molar-refractivity contribution in [3.8, 4) is 0 Å². The third-order valence-corrected chi connectivity index (χ3v) is 0.701. The van der Waals surface area contributed by atoms with Gasteiger partial charge in [0.2, 0.25) is 0 Å². The molecule has 2 N–H and O–H groups in total. The summed E-state index contributed by atoms with van der Waals surface area (Å²) in [4.78, 5) is 0. The Kier molecular flexibility index (Phi) is 4.04. The third-order valence-electron chi connectivity index (χ3n) is 0.701. The molecule has 0 aliphatic carbocycles. The molecule has 0 saturated carbocycles. The van der Waals surface area contributed by atoms with Crippen molar-refractivity contribution in [1.29, 1.82) is 0 Å². The van der Waals surface area contributed by atoms with Crippen LogP contribution < -0.4 is 11.1 Å². The van der Waals surface area contributed by atoms with Gasteiger partial charge >= 0.3 is 0 Å². The molecular weight excluding hydrogens is 88.1 g/mol. The van der Waals surface area contributed by atoms with Crippen molar-refractivity contribution in [3.63, 3.8) is 0 Å². The van der Waals surface area contributed by atoms with Gasteiger partial charge in [0.25, 0.3) is 0 Å². The summed E-state index contributed by atoms with van der Waals surface area (Å²) in [6, 6.07) is 0. The SMILES string of the molecule is CCCNC(C)[NH]. The zero-order valence-electron chi connectivity index (χ0n) is 4.99. The van der Waals surface area contributed by atoms with E-state index in [1.807, 2.05) is 6.92 Å². The van der Waals surface area contributed by atoms with Crippen molar-refractivity contribution < 1.29 is 0 Å². The van der Waals surface area contributed by atoms with Gasteiger partial charge in [0.1, 0.15) is 0 Å². The average molecular weight is 101 g/mol. The molecule has 0 bridgehead atoms. The Morgan fingerprint density at radius 3 is 2.43 bits per heavy atom. The lowest BCUT2D eigenvalue weighted by Crippen LogP contribution is -2.27. The minimum absolute atomic E-state index is 0.0973. The molecule has 0 aliphatic rings. The smallest absolute Gasteiger partial charge is 0.0676 e. The van der Waals surface area contributed by atoms with Crippen LogP contribution in [0.4, 0.5) is 0 Å². The van der Waals surface area contributed by atoms with Gasteiger partial charge < -0.3 is 5.32 Å². The number of hydrogen-bond acceptors (Lipinski definition) is 1. The summed E-state index contributed by atoms with van der Waals surface area (Å²) >= 11 is 0. The molecule has 43 valence electrons. The first-order valence-electron chi connectivity index (χ1n) is 2.72. The summed E-state index contributed by atoms with van der Waals surface area (Å²) in [5.41, 5.74) is 6.97. The van der Waals surface area contributed by atoms with Gasteiger partial charge in [-0.2, -0.15) is 0 Å². The Morgan fingerprint density at radius 2 is 2.29 bits per heavy atom. The molecule has 0 rings (SSSR count). The Hall–Kier alpha value is -0.0800. The van der Waals surface area contributed by atoms with E-state index in [4.69, 9.17) is 5.73 Å². The van der Waals surface area contributed by atoms with E-state index in [0.29, 0.717) is 0 Å². The Bertz CT molecular complexity index is 35.1. The van der Waals surface area contributed by atoms with Crippen LogP contribution in [0.25, 0.3) is 0 Å². The maximum Gasteiger partial charge on any atom is 0.0676 e. The average Bonchev–Trinajstić information content (AvgIpc) is 1.61. The highest BCUT2D eigenvalue weighted by atomic mass is 15.0. The molecule has 1 radical (unpaired) electrons. The zero-order valence-corrected chi connectivity index (χ0v) is 4.99. The van der Waals surface area contributed by atoms with Crippen LogP contribution in [0.3, 0.4) is 0 Å². The van der Waals surface area contributed by atoms with E-state index >= 15 is 0 Å². The number of rotatable bonds is 3. The molecule has 0 aromatic carbocycles. The molecule has 0 saturated heterocycles. The molecule has 0 fully saturated rings. The van der Waals surface area contributed by atoms with E-state index in [9.17, 15) is 0 Å². The van der Waals surface area contributed by atoms with Crippen LogP contribution in [0.2, 0.25) is 0 Å². The molecule has 0 amide bonds. The first-order chi connectivity index (χ1) is 3.27. The monoisotopic (exact) mass is 101 g/mol. The highest BCUT2D eigenvalue weighted by Gasteiger charge is 1.86. The van der Waals surface area contributed by atoms with E-state index in [0.717, 1.165) is 13.0 Å². The summed E-state index contributed by atoms with van der Waals surface area (Å²) in [5.74, 6) is 0. The van der Waals surface area contributed by atoms with Crippen molar-refractivity contribution in [2.75, 3.05) is 6.54 Å². The predicted molar refractivity (Wildman–Crippen MR) is 30.9 cm³/mol. The summed E-state index contributed by atoms with van der Waals surface area (Å²) in [6.07, 6.45) is 1.02. The third kappa shape index (κ3) is 5.92. The van der Waals surface area contributed by atoms with E-state index < -0.39 is 0 Å². The Labute approximate surface area is 45.1 Å². The Morgan fingerprint density at radius 1 is 1.71 bits per heavy atom. The minimum Gasteiger partial charge on any atom is -0.301 e. The van der Waals surface area contributed by atoms with Gasteiger partial charge in [-0.3, -0.25) is 0 Å². The molecule has 0 aromatic heterocycles. The van der Waals surface area contributed by atoms with Crippen LogP contribution in [0.5, 0.6) is 0 Å². The van der Waals surface area contributed by atoms with Gasteiger partial charge in [-0.25, -0.2) is 5.73 Å². The van der Waals surface area contributed by atoms with E-state index in [1.165, 1.54) is 0 Å². The second-order valence-corrected chi connectivity index (χ2v) is 1.68. The predicted octanol–water partition coefficient (Wildman–Crippen LogP) is 0.615. The number of nitrogens with one attached hydrogen (secondary N) is 2. The molecule has 0 aromatic rings. The van der Waals surface area contributed by atoms with E-state index in [-0.39, 0.29) is 6.17 Å². The lowest BCUT2D eigenvalue weighted by atomic mass is 10.4. The first kappa shape index (κ1) is 6.92. The van der Waals surface area contributed by atoms with Crippen molar-refractivity contribution >= 4 is 0 Å². The fourth-order valence-corrected chi connectivity index (χ4v) is 0.361. The lowest BCUT2D eigenvalue weighted by molar-refractivity contribution is 0.550. The molecule has 2 nitrogen and oxygen atoms in total. The second kappa shape index (κ2) is 4.09. The number of hydrogen-bond donors (Lipinski definition) is 1. The maximum absolute atomic E-state index is 6.97. The van der Waals surface area contributed by atoms with Gasteiger partial charge in [0, 0.05) is 0 Å². The quantitative estimate of drug-likeness (QED) is 0.555. The topological polar surface area (TPSA) is 35.8 Å². The molecular formula is C5H13N2. The highest BCUT2D eigenvalue weighted by molar-refractivity contribution is 4.46. The second-order valence-electron chi connectivity index (χ2n) is 1.68. The Balaban J connectivity index is 2.68. The van der Waals surface area contributed by atoms with E-state index in [2.05, 4.69) is 12.2 Å². The van der Waals surface area contributed by atoms with Crippen molar-refractivity contribution in [1.82, 2.24) is 11.1 Å². The van der Waals surface area contributed by atoms with Gasteiger partial charge in [0.05, 0.1) is 6.17 Å². The molecule has 1 unspecified atom stereocenters. The van der Waals surface area contributed by atoms with Crippen LogP contribution >= 0.6 is 0 Å². The van der Waals surface area contributed by atoms with Crippen LogP contribution in [-0.2, 0) is 0 Å². The summed E-state index contributed by atoms with van der Waals surface area (Å²) < 4.78 is 0. The van der Waals surface area contributed by atoms with Gasteiger partial charge in [-0.1, -0.05) is 6.92 Å². The van der Waals surface area contributed by atoms with Crippen LogP contribution in [0, 0.1) is 0 Å². The fourth-order valence-electron chi connectivity index (χ4n) is 0.361.